The smallest absolute Gasteiger partial charge is 0.0845 e. The first-order valence-electron chi connectivity index (χ1n) is 12.8. The molecule has 0 N–H and O–H groups in total. The Morgan fingerprint density at radius 1 is 0.543 bits per heavy atom. The van der Waals surface area contributed by atoms with E-state index in [-0.39, 0.29) is 0 Å². The minimum atomic E-state index is -1.86. The average molecular weight is 494 g/mol. The molecule has 1 aliphatic carbocycles. The lowest BCUT2D eigenvalue weighted by atomic mass is 10.0. The zero-order chi connectivity index (χ0) is 23.7. The summed E-state index contributed by atoms with van der Waals surface area (Å²) in [6.45, 7) is 5.37. The topological polar surface area (TPSA) is 3.24 Å². The van der Waals surface area contributed by atoms with Crippen LogP contribution in [0.1, 0.15) is 48.1 Å². The second-order valence-electron chi connectivity index (χ2n) is 9.85. The monoisotopic (exact) mass is 493 g/mol. The lowest BCUT2D eigenvalue weighted by Gasteiger charge is -2.49. The van der Waals surface area contributed by atoms with Crippen molar-refractivity contribution < 1.29 is 0 Å². The number of hydrogen-bond acceptors (Lipinski definition) is 1. The minimum Gasteiger partial charge on any atom is -0.176 e. The van der Waals surface area contributed by atoms with Crippen LogP contribution >= 0.6 is 15.5 Å². The number of hydrogen-bond donors (Lipinski definition) is 0. The number of benzene rings is 4. The van der Waals surface area contributed by atoms with Gasteiger partial charge in [0.05, 0.1) is 19.4 Å². The zero-order valence-corrected chi connectivity index (χ0v) is 21.9. The van der Waals surface area contributed by atoms with Crippen LogP contribution in [-0.4, -0.2) is 10.5 Å². The predicted octanol–water partition coefficient (Wildman–Crippen LogP) is 8.50. The molecule has 1 nitrogen and oxygen atoms in total. The summed E-state index contributed by atoms with van der Waals surface area (Å²) in [5.41, 5.74) is 3.98. The van der Waals surface area contributed by atoms with Gasteiger partial charge in [0.1, 0.15) is 0 Å². The molecule has 0 aromatic heterocycles. The summed E-state index contributed by atoms with van der Waals surface area (Å²) >= 11 is 0. The summed E-state index contributed by atoms with van der Waals surface area (Å²) in [5.74, 6) is 0. The lowest BCUT2D eigenvalue weighted by Crippen LogP contribution is -2.32. The Balaban J connectivity index is 1.55. The van der Waals surface area contributed by atoms with Gasteiger partial charge in [-0.25, -0.2) is 0 Å². The van der Waals surface area contributed by atoms with Crippen molar-refractivity contribution in [3.05, 3.63) is 139 Å². The van der Waals surface area contributed by atoms with Crippen LogP contribution in [0.15, 0.2) is 121 Å². The van der Waals surface area contributed by atoms with Crippen molar-refractivity contribution in [3.63, 3.8) is 0 Å². The third-order valence-electron chi connectivity index (χ3n) is 7.62. The lowest BCUT2D eigenvalue weighted by molar-refractivity contribution is 0.674. The first kappa shape index (κ1) is 23.1. The van der Waals surface area contributed by atoms with Gasteiger partial charge in [0, 0.05) is 6.04 Å². The largest absolute Gasteiger partial charge is 0.176 e. The Bertz CT molecular complexity index is 1140. The molecule has 2 atom stereocenters. The maximum atomic E-state index is 5.37. The highest BCUT2D eigenvalue weighted by Gasteiger charge is 2.59. The van der Waals surface area contributed by atoms with Gasteiger partial charge in [0.25, 0.3) is 0 Å². The van der Waals surface area contributed by atoms with Crippen LogP contribution in [0.3, 0.4) is 0 Å². The first-order valence-corrected chi connectivity index (χ1v) is 16.2. The molecule has 1 heterocycles. The normalized spacial score (nSPS) is 21.5. The molecule has 0 amide bonds. The molecule has 0 unspecified atom stereocenters. The van der Waals surface area contributed by atoms with Gasteiger partial charge >= 0.3 is 0 Å². The summed E-state index contributed by atoms with van der Waals surface area (Å²) in [6, 6.07) is 45.8. The van der Waals surface area contributed by atoms with Gasteiger partial charge in [-0.05, 0) is 54.8 Å². The van der Waals surface area contributed by atoms with E-state index in [2.05, 4.69) is 126 Å². The molecule has 0 radical (unpaired) electrons. The molecule has 6 rings (SSSR count). The molecule has 35 heavy (non-hydrogen) atoms. The van der Waals surface area contributed by atoms with Crippen LogP contribution in [0, 0.1) is 6.66 Å². The van der Waals surface area contributed by atoms with Gasteiger partial charge in [0.2, 0.25) is 0 Å². The van der Waals surface area contributed by atoms with Crippen LogP contribution < -0.4 is 10.6 Å². The van der Waals surface area contributed by atoms with Crippen LogP contribution in [0.5, 0.6) is 0 Å². The molecule has 0 bridgehead atoms. The van der Waals surface area contributed by atoms with Gasteiger partial charge in [-0.15, -0.1) is 0 Å². The van der Waals surface area contributed by atoms with Crippen molar-refractivity contribution in [1.82, 2.24) is 4.44 Å². The molecule has 1 aliphatic heterocycles. The summed E-state index contributed by atoms with van der Waals surface area (Å²) in [7, 11) is -2.53. The molecule has 1 saturated carbocycles. The Hall–Kier alpha value is -2.30. The van der Waals surface area contributed by atoms with Gasteiger partial charge in [0.15, 0.2) is 0 Å². The molecular formula is C32H33NP2. The van der Waals surface area contributed by atoms with Gasteiger partial charge < -0.3 is 0 Å². The summed E-state index contributed by atoms with van der Waals surface area (Å²) in [4.78, 5) is 0. The molecular weight excluding hydrogens is 460 g/mol. The SMILES string of the molecule is [CH2-][P+]1(N(C2CC2)P(c2ccccc2)c2ccccc2)[C@@H](c2ccccc2)CC[C@@H]1c1ccccc1. The Morgan fingerprint density at radius 2 is 0.914 bits per heavy atom. The van der Waals surface area contributed by atoms with Crippen molar-refractivity contribution in [1.29, 1.82) is 0 Å². The summed E-state index contributed by atoms with van der Waals surface area (Å²) in [6.07, 6.45) is 5.02. The Labute approximate surface area is 212 Å². The fourth-order valence-electron chi connectivity index (χ4n) is 5.93. The molecule has 3 heteroatoms. The Morgan fingerprint density at radius 3 is 1.29 bits per heavy atom. The van der Waals surface area contributed by atoms with Crippen LogP contribution in [0.4, 0.5) is 0 Å². The average Bonchev–Trinajstić information content (AvgIpc) is 3.70. The van der Waals surface area contributed by atoms with Gasteiger partial charge in [-0.3, -0.25) is 0 Å². The number of nitrogens with zero attached hydrogens (tertiary/aromatic N) is 1. The maximum Gasteiger partial charge on any atom is 0.0845 e. The second-order valence-corrected chi connectivity index (χ2v) is 15.7. The van der Waals surface area contributed by atoms with E-state index in [0.29, 0.717) is 17.4 Å². The second kappa shape index (κ2) is 9.99. The van der Waals surface area contributed by atoms with E-state index in [9.17, 15) is 0 Å². The molecule has 4 aromatic carbocycles. The fraction of sp³-hybridized carbons (Fsp3) is 0.219. The van der Waals surface area contributed by atoms with Crippen molar-refractivity contribution in [2.45, 2.75) is 43.0 Å². The molecule has 1 saturated heterocycles. The quantitative estimate of drug-likeness (QED) is 0.184. The van der Waals surface area contributed by atoms with Gasteiger partial charge in [-0.1, -0.05) is 121 Å². The van der Waals surface area contributed by atoms with Crippen LogP contribution in [0.25, 0.3) is 0 Å². The standard InChI is InChI=1S/C32H33NP2/c1-35(31(26-14-6-2-7-15-26)24-25-32(35)27-16-8-3-9-17-27)33(28-22-23-28)34(29-18-10-4-11-19-29)30-20-12-5-13-21-30/h2-21,28,31-32H,1,22-25H2/t31-,32-/m1/s1. The highest BCUT2D eigenvalue weighted by molar-refractivity contribution is 7.87. The summed E-state index contributed by atoms with van der Waals surface area (Å²) in [5, 5.41) is 2.91. The molecule has 2 fully saturated rings. The first-order chi connectivity index (χ1) is 17.3. The summed E-state index contributed by atoms with van der Waals surface area (Å²) < 4.78 is 3.02. The van der Waals surface area contributed by atoms with Gasteiger partial charge in [-0.2, -0.15) is 11.1 Å². The van der Waals surface area contributed by atoms with E-state index in [4.69, 9.17) is 6.66 Å². The van der Waals surface area contributed by atoms with E-state index in [1.807, 2.05) is 0 Å². The van der Waals surface area contributed by atoms with E-state index < -0.39 is 15.5 Å². The molecule has 4 aromatic rings. The van der Waals surface area contributed by atoms with E-state index in [1.165, 1.54) is 47.4 Å². The molecule has 2 aliphatic rings. The van der Waals surface area contributed by atoms with Crippen molar-refractivity contribution >= 4 is 26.1 Å². The predicted molar refractivity (Wildman–Crippen MR) is 154 cm³/mol. The van der Waals surface area contributed by atoms with Crippen molar-refractivity contribution in [3.8, 4) is 0 Å². The highest BCUT2D eigenvalue weighted by Crippen LogP contribution is 2.90. The van der Waals surface area contributed by atoms with Crippen molar-refractivity contribution in [2.24, 2.45) is 0 Å². The van der Waals surface area contributed by atoms with E-state index in [0.717, 1.165) is 0 Å². The van der Waals surface area contributed by atoms with Crippen LogP contribution in [0.2, 0.25) is 0 Å². The Kier molecular flexibility index (Phi) is 6.60. The van der Waals surface area contributed by atoms with E-state index in [1.54, 1.807) is 0 Å². The van der Waals surface area contributed by atoms with E-state index >= 15 is 0 Å². The van der Waals surface area contributed by atoms with Crippen molar-refractivity contribution in [2.75, 3.05) is 0 Å². The zero-order valence-electron chi connectivity index (χ0n) is 20.2. The minimum absolute atomic E-state index is 0.506. The highest BCUT2D eigenvalue weighted by atomic mass is 31.2. The molecule has 176 valence electrons. The number of rotatable bonds is 7. The molecule has 0 spiro atoms. The van der Waals surface area contributed by atoms with Crippen LogP contribution in [-0.2, 0) is 0 Å². The third kappa shape index (κ3) is 4.40. The maximum absolute atomic E-state index is 5.37. The third-order valence-corrected chi connectivity index (χ3v) is 15.8. The fourth-order valence-corrected chi connectivity index (χ4v) is 15.3.